The normalized spacial score (nSPS) is 12.1. The highest BCUT2D eigenvalue weighted by Crippen LogP contribution is 2.23. The van der Waals surface area contributed by atoms with E-state index in [-0.39, 0.29) is 0 Å². The maximum absolute atomic E-state index is 4.72. The van der Waals surface area contributed by atoms with E-state index in [2.05, 4.69) is 82.1 Å². The van der Waals surface area contributed by atoms with E-state index >= 15 is 0 Å². The maximum Gasteiger partial charge on any atom is 0.157 e. The van der Waals surface area contributed by atoms with E-state index in [1.54, 1.807) is 0 Å². The molecule has 58 heavy (non-hydrogen) atoms. The van der Waals surface area contributed by atoms with E-state index in [9.17, 15) is 0 Å². The van der Waals surface area contributed by atoms with Gasteiger partial charge in [-0.2, -0.15) is 0 Å². The average molecular weight is 752 g/mol. The van der Waals surface area contributed by atoms with Crippen molar-refractivity contribution >= 4 is 70.0 Å². The first-order valence-corrected chi connectivity index (χ1v) is 18.9. The maximum atomic E-state index is 4.72. The molecule has 0 atom stereocenters. The van der Waals surface area contributed by atoms with Crippen LogP contribution in [0.3, 0.4) is 0 Å². The molecule has 0 amide bonds. The second-order valence-corrected chi connectivity index (χ2v) is 13.6. The van der Waals surface area contributed by atoms with Gasteiger partial charge in [-0.25, -0.2) is 15.0 Å². The smallest absolute Gasteiger partial charge is 0.157 e. The second-order valence-electron chi connectivity index (χ2n) is 13.6. The van der Waals surface area contributed by atoms with E-state index in [4.69, 9.17) is 29.9 Å². The molecule has 0 aliphatic heterocycles. The molecule has 5 heterocycles. The van der Waals surface area contributed by atoms with Gasteiger partial charge in [0.05, 0.1) is 27.8 Å². The lowest BCUT2D eigenvalue weighted by Crippen LogP contribution is -2.20. The molecule has 0 bridgehead atoms. The molecular formula is C49H37N9. The minimum Gasteiger partial charge on any atom is -0.371 e. The number of aromatic nitrogens is 7. The lowest BCUT2D eigenvalue weighted by molar-refractivity contribution is 1.13. The predicted molar refractivity (Wildman–Crippen MR) is 238 cm³/mol. The van der Waals surface area contributed by atoms with Crippen molar-refractivity contribution < 1.29 is 0 Å². The summed E-state index contributed by atoms with van der Waals surface area (Å²) >= 11 is 0. The molecule has 0 saturated heterocycles. The molecule has 4 aromatic carbocycles. The van der Waals surface area contributed by atoms with Crippen molar-refractivity contribution in [2.75, 3.05) is 7.05 Å². The van der Waals surface area contributed by atoms with Gasteiger partial charge >= 0.3 is 0 Å². The van der Waals surface area contributed by atoms with Gasteiger partial charge in [-0.15, -0.1) is 0 Å². The number of nitrogens with zero attached hydrogens (tertiary/aromatic N) is 6. The molecule has 0 fully saturated rings. The van der Waals surface area contributed by atoms with E-state index in [1.807, 2.05) is 129 Å². The van der Waals surface area contributed by atoms with Gasteiger partial charge in [0.2, 0.25) is 0 Å². The summed E-state index contributed by atoms with van der Waals surface area (Å²) in [5, 5.41) is 3.17. The number of para-hydroxylation sites is 5. The molecule has 0 spiro atoms. The average Bonchev–Trinajstić information content (AvgIpc) is 3.92. The number of rotatable bonds is 10. The predicted octanol–water partition coefficient (Wildman–Crippen LogP) is 10.8. The highest BCUT2D eigenvalue weighted by molar-refractivity contribution is 5.98. The highest BCUT2D eigenvalue weighted by atomic mass is 15.0. The Morgan fingerprint density at radius 2 is 0.931 bits per heavy atom. The van der Waals surface area contributed by atoms with E-state index in [1.165, 1.54) is 0 Å². The topological polar surface area (TPSA) is 120 Å². The van der Waals surface area contributed by atoms with Crippen LogP contribution in [-0.4, -0.2) is 47.8 Å². The first kappa shape index (κ1) is 35.6. The van der Waals surface area contributed by atoms with Crippen LogP contribution in [0, 0.1) is 0 Å². The number of nitrogens with one attached hydrogen (secondary N) is 3. The Morgan fingerprint density at radius 1 is 0.483 bits per heavy atom. The number of pyridine rings is 3. The van der Waals surface area contributed by atoms with Gasteiger partial charge in [-0.1, -0.05) is 97.1 Å². The fraction of sp³-hybridized carbons (Fsp3) is 0.0204. The summed E-state index contributed by atoms with van der Waals surface area (Å²) in [5.41, 5.74) is 13.1. The zero-order valence-corrected chi connectivity index (χ0v) is 31.6. The van der Waals surface area contributed by atoms with Crippen molar-refractivity contribution in [2.45, 2.75) is 0 Å². The number of amidine groups is 1. The van der Waals surface area contributed by atoms with E-state index < -0.39 is 0 Å². The number of benzene rings is 4. The van der Waals surface area contributed by atoms with Gasteiger partial charge in [-0.3, -0.25) is 15.0 Å². The molecule has 278 valence electrons. The number of hydrogen-bond donors (Lipinski definition) is 3. The first-order chi connectivity index (χ1) is 28.6. The third-order valence-corrected chi connectivity index (χ3v) is 9.50. The molecule has 5 aromatic heterocycles. The van der Waals surface area contributed by atoms with Gasteiger partial charge in [0, 0.05) is 25.6 Å². The summed E-state index contributed by atoms with van der Waals surface area (Å²) in [4.78, 5) is 34.9. The number of hydrogen-bond acceptors (Lipinski definition) is 6. The fourth-order valence-corrected chi connectivity index (χ4v) is 6.52. The molecular weight excluding hydrogens is 715 g/mol. The molecule has 0 unspecified atom stereocenters. The van der Waals surface area contributed by atoms with Crippen LogP contribution in [-0.2, 0) is 0 Å². The van der Waals surface area contributed by atoms with Gasteiger partial charge < -0.3 is 15.3 Å². The van der Waals surface area contributed by atoms with Gasteiger partial charge in [0.15, 0.2) is 17.5 Å². The van der Waals surface area contributed by atoms with Gasteiger partial charge in [0.1, 0.15) is 17.1 Å². The van der Waals surface area contributed by atoms with Crippen LogP contribution >= 0.6 is 0 Å². The largest absolute Gasteiger partial charge is 0.371 e. The summed E-state index contributed by atoms with van der Waals surface area (Å²) in [5.74, 6) is 2.20. The molecule has 3 N–H and O–H groups in total. The van der Waals surface area contributed by atoms with Gasteiger partial charge in [-0.05, 0) is 106 Å². The Hall–Kier alpha value is -8.04. The molecule has 9 nitrogen and oxygen atoms in total. The summed E-state index contributed by atoms with van der Waals surface area (Å²) in [6.07, 6.45) is 18.1. The zero-order valence-electron chi connectivity index (χ0n) is 31.6. The van der Waals surface area contributed by atoms with Crippen LogP contribution in [0.2, 0.25) is 0 Å². The van der Waals surface area contributed by atoms with Crippen molar-refractivity contribution in [3.63, 3.8) is 0 Å². The van der Waals surface area contributed by atoms with Crippen LogP contribution in [0.25, 0.3) is 81.6 Å². The Kier molecular flexibility index (Phi) is 10.1. The van der Waals surface area contributed by atoms with Crippen LogP contribution in [0.5, 0.6) is 0 Å². The lowest BCUT2D eigenvalue weighted by atomic mass is 10.0. The van der Waals surface area contributed by atoms with Crippen molar-refractivity contribution in [1.29, 1.82) is 0 Å². The number of imidazole rings is 2. The molecule has 9 rings (SSSR count). The minimum atomic E-state index is 0.705. The molecule has 0 aliphatic carbocycles. The number of fused-ring (bicyclic) bond motifs is 2. The summed E-state index contributed by atoms with van der Waals surface area (Å²) in [6.45, 7) is 0. The van der Waals surface area contributed by atoms with Crippen molar-refractivity contribution in [3.05, 3.63) is 191 Å². The van der Waals surface area contributed by atoms with E-state index in [0.717, 1.165) is 89.9 Å². The quantitative estimate of drug-likeness (QED) is 0.0945. The van der Waals surface area contributed by atoms with Crippen molar-refractivity contribution in [1.82, 2.24) is 40.2 Å². The van der Waals surface area contributed by atoms with Crippen LogP contribution in [0.15, 0.2) is 157 Å². The Labute approximate surface area is 335 Å². The van der Waals surface area contributed by atoms with Gasteiger partial charge in [0.25, 0.3) is 0 Å². The summed E-state index contributed by atoms with van der Waals surface area (Å²) in [7, 11) is 1.85. The third kappa shape index (κ3) is 8.29. The number of H-pyrrole nitrogens is 2. The fourth-order valence-electron chi connectivity index (χ4n) is 6.52. The monoisotopic (exact) mass is 751 g/mol. The zero-order chi connectivity index (χ0) is 39.1. The molecule has 9 heteroatoms. The standard InChI is InChI=1S/C49H37N9/c1-50-47(54-39-9-3-2-4-10-39)44-24-21-33(30-51-44)15-18-36-27-37(19-16-34-22-25-45(52-31-34)48-55-40-11-5-6-12-41(40)56-48)29-38(28-36)20-17-35-23-26-46(53-32-35)49-57-42-13-7-8-14-43(42)58-49/h2-32H,1H3,(H,50,54)(H,55,56)(H,57,58)/b18-15+,19-16+,20-17+. The lowest BCUT2D eigenvalue weighted by Gasteiger charge is -2.06. The Bertz CT molecular complexity index is 2740. The minimum absolute atomic E-state index is 0.705. The molecule has 0 aliphatic rings. The number of aliphatic imine (C=N–C) groups is 1. The summed E-state index contributed by atoms with van der Waals surface area (Å²) < 4.78 is 0. The Morgan fingerprint density at radius 3 is 1.36 bits per heavy atom. The first-order valence-electron chi connectivity index (χ1n) is 18.9. The molecule has 9 aromatic rings. The van der Waals surface area contributed by atoms with E-state index in [0.29, 0.717) is 5.84 Å². The highest BCUT2D eigenvalue weighted by Gasteiger charge is 2.08. The van der Waals surface area contributed by atoms with Crippen LogP contribution < -0.4 is 5.32 Å². The SMILES string of the molecule is CNC(=Nc1ccccc1)c1ccc(/C=C/c2cc(/C=C/c3ccc(-c4nc5ccccc5[nH]4)nc3)cc(/C=C/c3ccc(-c4nc5ccccc5[nH]4)nc3)c2)cn1. The second kappa shape index (κ2) is 16.4. The van der Waals surface area contributed by atoms with Crippen LogP contribution in [0.4, 0.5) is 5.69 Å². The molecule has 0 saturated carbocycles. The molecule has 0 radical (unpaired) electrons. The third-order valence-electron chi connectivity index (χ3n) is 9.50. The number of aromatic amines is 2. The Balaban J connectivity index is 0.967. The van der Waals surface area contributed by atoms with Crippen LogP contribution in [0.1, 0.15) is 39.1 Å². The van der Waals surface area contributed by atoms with Crippen molar-refractivity contribution in [2.24, 2.45) is 4.99 Å². The van der Waals surface area contributed by atoms with Crippen molar-refractivity contribution in [3.8, 4) is 23.0 Å². The summed E-state index contributed by atoms with van der Waals surface area (Å²) in [6, 6.07) is 44.4.